The molecule has 112 valence electrons. The molecule has 0 spiro atoms. The second-order valence-electron chi connectivity index (χ2n) is 5.16. The number of hydrogen-bond acceptors (Lipinski definition) is 2. The SMILES string of the molecule is CCC(N)Cc1cc(C)ccc1Sc1cc(F)ccc1F. The van der Waals surface area contributed by atoms with Crippen molar-refractivity contribution in [3.05, 3.63) is 59.2 Å². The number of benzene rings is 2. The van der Waals surface area contributed by atoms with Crippen LogP contribution >= 0.6 is 11.8 Å². The van der Waals surface area contributed by atoms with Gasteiger partial charge in [-0.15, -0.1) is 0 Å². The summed E-state index contributed by atoms with van der Waals surface area (Å²) in [7, 11) is 0. The quantitative estimate of drug-likeness (QED) is 0.866. The molecule has 0 aliphatic heterocycles. The molecule has 0 saturated heterocycles. The first-order valence-corrected chi connectivity index (χ1v) is 7.79. The maximum atomic E-state index is 13.8. The van der Waals surface area contributed by atoms with Gasteiger partial charge in [-0.25, -0.2) is 8.78 Å². The molecule has 1 unspecified atom stereocenters. The Hall–Kier alpha value is -1.39. The van der Waals surface area contributed by atoms with E-state index in [1.54, 1.807) is 0 Å². The molecule has 0 saturated carbocycles. The number of aryl methyl sites for hydroxylation is 1. The van der Waals surface area contributed by atoms with Crippen molar-refractivity contribution in [2.24, 2.45) is 5.73 Å². The molecule has 1 nitrogen and oxygen atoms in total. The minimum Gasteiger partial charge on any atom is -0.327 e. The third-order valence-electron chi connectivity index (χ3n) is 3.34. The normalized spacial score (nSPS) is 12.4. The second-order valence-corrected chi connectivity index (χ2v) is 6.24. The first-order valence-electron chi connectivity index (χ1n) is 6.97. The van der Waals surface area contributed by atoms with Gasteiger partial charge in [0, 0.05) is 10.9 Å². The molecular formula is C17H19F2NS. The Morgan fingerprint density at radius 1 is 1.10 bits per heavy atom. The van der Waals surface area contributed by atoms with Crippen molar-refractivity contribution in [3.8, 4) is 0 Å². The zero-order chi connectivity index (χ0) is 15.4. The summed E-state index contributed by atoms with van der Waals surface area (Å²) >= 11 is 1.25. The lowest BCUT2D eigenvalue weighted by Gasteiger charge is -2.14. The van der Waals surface area contributed by atoms with Crippen LogP contribution in [0.5, 0.6) is 0 Å². The Balaban J connectivity index is 2.32. The van der Waals surface area contributed by atoms with Crippen molar-refractivity contribution in [3.63, 3.8) is 0 Å². The molecule has 0 heterocycles. The van der Waals surface area contributed by atoms with Gasteiger partial charge < -0.3 is 5.73 Å². The summed E-state index contributed by atoms with van der Waals surface area (Å²) < 4.78 is 27.1. The molecule has 4 heteroatoms. The van der Waals surface area contributed by atoms with E-state index in [-0.39, 0.29) is 6.04 Å². The van der Waals surface area contributed by atoms with Crippen molar-refractivity contribution in [1.29, 1.82) is 0 Å². The summed E-state index contributed by atoms with van der Waals surface area (Å²) in [5, 5.41) is 0. The van der Waals surface area contributed by atoms with E-state index in [0.717, 1.165) is 41.0 Å². The van der Waals surface area contributed by atoms with Crippen LogP contribution in [0.25, 0.3) is 0 Å². The van der Waals surface area contributed by atoms with Gasteiger partial charge in [0.05, 0.1) is 4.90 Å². The van der Waals surface area contributed by atoms with E-state index in [9.17, 15) is 8.78 Å². The third-order valence-corrected chi connectivity index (χ3v) is 4.49. The van der Waals surface area contributed by atoms with Crippen molar-refractivity contribution in [1.82, 2.24) is 0 Å². The Kier molecular flexibility index (Phi) is 5.37. The van der Waals surface area contributed by atoms with E-state index in [1.165, 1.54) is 17.8 Å². The fourth-order valence-electron chi connectivity index (χ4n) is 2.07. The van der Waals surface area contributed by atoms with Crippen molar-refractivity contribution in [2.45, 2.75) is 42.5 Å². The largest absolute Gasteiger partial charge is 0.327 e. The van der Waals surface area contributed by atoms with Crippen LogP contribution in [0.15, 0.2) is 46.2 Å². The topological polar surface area (TPSA) is 26.0 Å². The summed E-state index contributed by atoms with van der Waals surface area (Å²) in [6.45, 7) is 4.05. The maximum absolute atomic E-state index is 13.8. The number of nitrogens with two attached hydrogens (primary N) is 1. The standard InChI is InChI=1S/C17H19F2NS/c1-3-14(20)9-12-8-11(2)4-7-16(12)21-17-10-13(18)5-6-15(17)19/h4-8,10,14H,3,9,20H2,1-2H3. The van der Waals surface area contributed by atoms with Crippen LogP contribution in [0.3, 0.4) is 0 Å². The average Bonchev–Trinajstić information content (AvgIpc) is 2.45. The molecule has 0 aliphatic carbocycles. The summed E-state index contributed by atoms with van der Waals surface area (Å²) in [5.74, 6) is -0.842. The molecule has 2 aromatic carbocycles. The predicted octanol–water partition coefficient (Wildman–Crippen LogP) is 4.70. The van der Waals surface area contributed by atoms with Gasteiger partial charge in [0.15, 0.2) is 0 Å². The van der Waals surface area contributed by atoms with Crippen LogP contribution in [0.4, 0.5) is 8.78 Å². The first-order chi connectivity index (χ1) is 9.99. The van der Waals surface area contributed by atoms with Crippen LogP contribution in [0.1, 0.15) is 24.5 Å². The van der Waals surface area contributed by atoms with Gasteiger partial charge in [0.2, 0.25) is 0 Å². The molecule has 0 aromatic heterocycles. The fourth-order valence-corrected chi connectivity index (χ4v) is 3.05. The van der Waals surface area contributed by atoms with E-state index < -0.39 is 11.6 Å². The highest BCUT2D eigenvalue weighted by molar-refractivity contribution is 7.99. The molecule has 0 amide bonds. The molecule has 2 N–H and O–H groups in total. The molecular weight excluding hydrogens is 288 g/mol. The van der Waals surface area contributed by atoms with Crippen molar-refractivity contribution < 1.29 is 8.78 Å². The van der Waals surface area contributed by atoms with E-state index in [0.29, 0.717) is 4.90 Å². The highest BCUT2D eigenvalue weighted by atomic mass is 32.2. The molecule has 2 rings (SSSR count). The van der Waals surface area contributed by atoms with Gasteiger partial charge in [0.25, 0.3) is 0 Å². The zero-order valence-electron chi connectivity index (χ0n) is 12.2. The molecule has 1 atom stereocenters. The Labute approximate surface area is 128 Å². The predicted molar refractivity (Wildman–Crippen MR) is 83.6 cm³/mol. The van der Waals surface area contributed by atoms with E-state index in [2.05, 4.69) is 6.07 Å². The van der Waals surface area contributed by atoms with E-state index in [4.69, 9.17) is 5.73 Å². The van der Waals surface area contributed by atoms with Crippen molar-refractivity contribution in [2.75, 3.05) is 0 Å². The molecule has 0 bridgehead atoms. The summed E-state index contributed by atoms with van der Waals surface area (Å²) in [6.07, 6.45) is 1.61. The number of halogens is 2. The number of rotatable bonds is 5. The summed E-state index contributed by atoms with van der Waals surface area (Å²) in [4.78, 5) is 1.22. The van der Waals surface area contributed by atoms with Crippen molar-refractivity contribution >= 4 is 11.8 Å². The lowest BCUT2D eigenvalue weighted by atomic mass is 10.0. The minimum absolute atomic E-state index is 0.0727. The highest BCUT2D eigenvalue weighted by Gasteiger charge is 2.11. The maximum Gasteiger partial charge on any atom is 0.137 e. The zero-order valence-corrected chi connectivity index (χ0v) is 13.0. The third kappa shape index (κ3) is 4.29. The highest BCUT2D eigenvalue weighted by Crippen LogP contribution is 2.33. The molecule has 0 radical (unpaired) electrons. The fraction of sp³-hybridized carbons (Fsp3) is 0.294. The summed E-state index contributed by atoms with van der Waals surface area (Å²) in [5.41, 5.74) is 8.25. The van der Waals surface area contributed by atoms with Crippen LogP contribution in [0, 0.1) is 18.6 Å². The Bertz CT molecular complexity index is 628. The molecule has 0 fully saturated rings. The van der Waals surface area contributed by atoms with Crippen LogP contribution in [-0.4, -0.2) is 6.04 Å². The first kappa shape index (κ1) is 16.0. The Morgan fingerprint density at radius 3 is 2.57 bits per heavy atom. The van der Waals surface area contributed by atoms with Gasteiger partial charge in [-0.1, -0.05) is 36.4 Å². The van der Waals surface area contributed by atoms with Crippen LogP contribution in [-0.2, 0) is 6.42 Å². The van der Waals surface area contributed by atoms with Gasteiger partial charge in [0.1, 0.15) is 11.6 Å². The lowest BCUT2D eigenvalue weighted by molar-refractivity contribution is 0.577. The lowest BCUT2D eigenvalue weighted by Crippen LogP contribution is -2.21. The van der Waals surface area contributed by atoms with Gasteiger partial charge in [-0.05, 0) is 49.6 Å². The second kappa shape index (κ2) is 7.05. The smallest absolute Gasteiger partial charge is 0.137 e. The number of hydrogen-bond donors (Lipinski definition) is 1. The van der Waals surface area contributed by atoms with Gasteiger partial charge >= 0.3 is 0 Å². The summed E-state index contributed by atoms with van der Waals surface area (Å²) in [6, 6.07) is 9.57. The average molecular weight is 307 g/mol. The monoisotopic (exact) mass is 307 g/mol. The molecule has 2 aromatic rings. The van der Waals surface area contributed by atoms with Gasteiger partial charge in [-0.2, -0.15) is 0 Å². The van der Waals surface area contributed by atoms with E-state index >= 15 is 0 Å². The molecule has 21 heavy (non-hydrogen) atoms. The van der Waals surface area contributed by atoms with E-state index in [1.807, 2.05) is 26.0 Å². The van der Waals surface area contributed by atoms with Gasteiger partial charge in [-0.3, -0.25) is 0 Å². The van der Waals surface area contributed by atoms with Crippen LogP contribution in [0.2, 0.25) is 0 Å². The Morgan fingerprint density at radius 2 is 1.86 bits per heavy atom. The van der Waals surface area contributed by atoms with Crippen LogP contribution < -0.4 is 5.73 Å². The molecule has 0 aliphatic rings. The minimum atomic E-state index is -0.433.